The van der Waals surface area contributed by atoms with Gasteiger partial charge in [0, 0.05) is 29.9 Å². The third kappa shape index (κ3) is 2.88. The summed E-state index contributed by atoms with van der Waals surface area (Å²) in [7, 11) is 0. The van der Waals surface area contributed by atoms with E-state index in [9.17, 15) is 4.79 Å². The number of thioether (sulfide) groups is 1. The number of terminal acetylenes is 1. The number of carbonyl (C=O) groups is 1. The fourth-order valence-corrected chi connectivity index (χ4v) is 4.04. The van der Waals surface area contributed by atoms with Crippen molar-refractivity contribution >= 4 is 17.7 Å². The molecule has 1 aliphatic carbocycles. The highest BCUT2D eigenvalue weighted by atomic mass is 32.2. The second-order valence-electron chi connectivity index (χ2n) is 5.24. The number of hydrogen-bond acceptors (Lipinski definition) is 2. The molecule has 0 heterocycles. The summed E-state index contributed by atoms with van der Waals surface area (Å²) in [5, 5.41) is 2.38. The summed E-state index contributed by atoms with van der Waals surface area (Å²) in [6.07, 6.45) is 5.51. The first kappa shape index (κ1) is 14.7. The van der Waals surface area contributed by atoms with Crippen LogP contribution in [0.15, 0.2) is 48.5 Å². The third-order valence-electron chi connectivity index (χ3n) is 3.93. The van der Waals surface area contributed by atoms with Crippen molar-refractivity contribution in [2.24, 2.45) is 0 Å². The minimum atomic E-state index is -0.0813. The topological polar surface area (TPSA) is 29.1 Å². The van der Waals surface area contributed by atoms with Gasteiger partial charge < -0.3 is 0 Å². The maximum Gasteiger partial charge on any atom is 0.232 e. The lowest BCUT2D eigenvalue weighted by Crippen LogP contribution is -2.17. The van der Waals surface area contributed by atoms with Gasteiger partial charge in [0.25, 0.3) is 0 Å². The Kier molecular flexibility index (Phi) is 4.50. The van der Waals surface area contributed by atoms with Crippen molar-refractivity contribution in [1.82, 2.24) is 5.32 Å². The van der Waals surface area contributed by atoms with E-state index in [1.54, 1.807) is 11.8 Å². The Balaban J connectivity index is 1.69. The van der Waals surface area contributed by atoms with E-state index in [1.807, 2.05) is 0 Å². The van der Waals surface area contributed by atoms with E-state index < -0.39 is 0 Å². The highest BCUT2D eigenvalue weighted by Gasteiger charge is 2.27. The van der Waals surface area contributed by atoms with Crippen LogP contribution in [-0.4, -0.2) is 17.4 Å². The minimum absolute atomic E-state index is 0.0813. The number of benzene rings is 2. The standard InChI is InChI=1S/C19H17NOS/c1-2-20-19(21)11-12-22-13-18-16-9-5-3-7-14(16)15-8-4-6-10-17(15)18/h1,3-10,18H,11-13H2,(H,20,21). The van der Waals surface area contributed by atoms with E-state index >= 15 is 0 Å². The normalized spacial score (nSPS) is 12.3. The van der Waals surface area contributed by atoms with Gasteiger partial charge >= 0.3 is 0 Å². The molecule has 110 valence electrons. The van der Waals surface area contributed by atoms with Crippen molar-refractivity contribution in [3.63, 3.8) is 0 Å². The predicted octanol–water partition coefficient (Wildman–Crippen LogP) is 3.63. The van der Waals surface area contributed by atoms with Crippen LogP contribution in [0.5, 0.6) is 0 Å². The van der Waals surface area contributed by atoms with Gasteiger partial charge in [-0.25, -0.2) is 0 Å². The Labute approximate surface area is 135 Å². The molecular formula is C19H17NOS. The molecule has 2 nitrogen and oxygen atoms in total. The SMILES string of the molecule is C#CNC(=O)CCSCC1c2ccccc2-c2ccccc21. The van der Waals surface area contributed by atoms with Gasteiger partial charge in [0.05, 0.1) is 0 Å². The summed E-state index contributed by atoms with van der Waals surface area (Å²) in [4.78, 5) is 11.4. The van der Waals surface area contributed by atoms with E-state index in [4.69, 9.17) is 6.42 Å². The number of carbonyl (C=O) groups excluding carboxylic acids is 1. The molecule has 22 heavy (non-hydrogen) atoms. The zero-order valence-electron chi connectivity index (χ0n) is 12.2. The molecule has 0 spiro atoms. The average Bonchev–Trinajstić information content (AvgIpc) is 2.86. The van der Waals surface area contributed by atoms with Crippen molar-refractivity contribution < 1.29 is 4.79 Å². The monoisotopic (exact) mass is 307 g/mol. The summed E-state index contributed by atoms with van der Waals surface area (Å²) >= 11 is 1.80. The first-order chi connectivity index (χ1) is 10.8. The van der Waals surface area contributed by atoms with Gasteiger partial charge in [0.1, 0.15) is 0 Å². The van der Waals surface area contributed by atoms with Gasteiger partial charge in [-0.3, -0.25) is 10.1 Å². The quantitative estimate of drug-likeness (QED) is 0.519. The molecule has 3 rings (SSSR count). The van der Waals surface area contributed by atoms with E-state index in [1.165, 1.54) is 22.3 Å². The molecule has 1 amide bonds. The zero-order chi connectivity index (χ0) is 15.4. The number of nitrogens with one attached hydrogen (secondary N) is 1. The fraction of sp³-hybridized carbons (Fsp3) is 0.211. The molecule has 0 radical (unpaired) electrons. The van der Waals surface area contributed by atoms with Gasteiger partial charge in [0.15, 0.2) is 0 Å². The molecule has 0 aliphatic heterocycles. The van der Waals surface area contributed by atoms with Crippen molar-refractivity contribution in [3.05, 3.63) is 59.7 Å². The van der Waals surface area contributed by atoms with Crippen LogP contribution in [0.4, 0.5) is 0 Å². The highest BCUT2D eigenvalue weighted by molar-refractivity contribution is 7.99. The van der Waals surface area contributed by atoms with E-state index in [0.29, 0.717) is 12.3 Å². The molecule has 0 aromatic heterocycles. The molecule has 0 bridgehead atoms. The van der Waals surface area contributed by atoms with Crippen LogP contribution in [-0.2, 0) is 4.79 Å². The lowest BCUT2D eigenvalue weighted by atomic mass is 9.99. The lowest BCUT2D eigenvalue weighted by molar-refractivity contribution is -0.119. The Hall–Kier alpha value is -2.18. The Bertz CT molecular complexity index is 687. The number of fused-ring (bicyclic) bond motifs is 3. The van der Waals surface area contributed by atoms with Gasteiger partial charge in [-0.2, -0.15) is 11.8 Å². The van der Waals surface area contributed by atoms with Crippen LogP contribution in [0.2, 0.25) is 0 Å². The van der Waals surface area contributed by atoms with Crippen molar-refractivity contribution in [1.29, 1.82) is 0 Å². The van der Waals surface area contributed by atoms with Crippen LogP contribution in [0.25, 0.3) is 11.1 Å². The van der Waals surface area contributed by atoms with Crippen LogP contribution in [0.1, 0.15) is 23.5 Å². The van der Waals surface area contributed by atoms with Crippen molar-refractivity contribution in [3.8, 4) is 23.6 Å². The average molecular weight is 307 g/mol. The third-order valence-corrected chi connectivity index (χ3v) is 4.99. The highest BCUT2D eigenvalue weighted by Crippen LogP contribution is 2.45. The van der Waals surface area contributed by atoms with Crippen molar-refractivity contribution in [2.45, 2.75) is 12.3 Å². The summed E-state index contributed by atoms with van der Waals surface area (Å²) < 4.78 is 0. The van der Waals surface area contributed by atoms with Gasteiger partial charge in [0.2, 0.25) is 5.91 Å². The zero-order valence-corrected chi connectivity index (χ0v) is 13.0. The van der Waals surface area contributed by atoms with Crippen LogP contribution >= 0.6 is 11.8 Å². The van der Waals surface area contributed by atoms with Crippen LogP contribution in [0.3, 0.4) is 0 Å². The second kappa shape index (κ2) is 6.72. The van der Waals surface area contributed by atoms with Gasteiger partial charge in [-0.1, -0.05) is 55.0 Å². The Morgan fingerprint density at radius 3 is 2.27 bits per heavy atom. The molecule has 0 unspecified atom stereocenters. The molecule has 1 N–H and O–H groups in total. The minimum Gasteiger partial charge on any atom is -0.285 e. The molecule has 2 aromatic carbocycles. The fourth-order valence-electron chi connectivity index (χ4n) is 2.95. The predicted molar refractivity (Wildman–Crippen MR) is 92.6 cm³/mol. The number of rotatable bonds is 5. The van der Waals surface area contributed by atoms with E-state index in [2.05, 4.69) is 59.9 Å². The Morgan fingerprint density at radius 1 is 1.09 bits per heavy atom. The molecule has 0 atom stereocenters. The summed E-state index contributed by atoms with van der Waals surface area (Å²) in [5.41, 5.74) is 5.47. The van der Waals surface area contributed by atoms with Crippen LogP contribution in [0, 0.1) is 12.5 Å². The number of amides is 1. The largest absolute Gasteiger partial charge is 0.285 e. The smallest absolute Gasteiger partial charge is 0.232 e. The lowest BCUT2D eigenvalue weighted by Gasteiger charge is -2.13. The number of hydrogen-bond donors (Lipinski definition) is 1. The maximum atomic E-state index is 11.4. The van der Waals surface area contributed by atoms with E-state index in [0.717, 1.165) is 11.5 Å². The first-order valence-corrected chi connectivity index (χ1v) is 8.47. The van der Waals surface area contributed by atoms with Gasteiger partial charge in [-0.05, 0) is 22.3 Å². The molecule has 1 aliphatic rings. The first-order valence-electron chi connectivity index (χ1n) is 7.31. The molecule has 3 heteroatoms. The molecule has 0 saturated carbocycles. The molecule has 0 saturated heterocycles. The summed E-state index contributed by atoms with van der Waals surface area (Å²) in [6, 6.07) is 19.4. The molecule has 0 fully saturated rings. The molecular weight excluding hydrogens is 290 g/mol. The van der Waals surface area contributed by atoms with Crippen molar-refractivity contribution in [2.75, 3.05) is 11.5 Å². The second-order valence-corrected chi connectivity index (χ2v) is 6.39. The maximum absolute atomic E-state index is 11.4. The Morgan fingerprint density at radius 2 is 1.68 bits per heavy atom. The summed E-state index contributed by atoms with van der Waals surface area (Å²) in [6.45, 7) is 0. The molecule has 2 aromatic rings. The van der Waals surface area contributed by atoms with Gasteiger partial charge in [-0.15, -0.1) is 0 Å². The summed E-state index contributed by atoms with van der Waals surface area (Å²) in [5.74, 6) is 2.10. The van der Waals surface area contributed by atoms with E-state index in [-0.39, 0.29) is 5.91 Å². The van der Waals surface area contributed by atoms with Crippen LogP contribution < -0.4 is 5.32 Å².